The summed E-state index contributed by atoms with van der Waals surface area (Å²) in [6, 6.07) is 18.7. The second-order valence-electron chi connectivity index (χ2n) is 9.18. The maximum atomic E-state index is 13.8. The number of fused-ring (bicyclic) bond motifs is 3. The van der Waals surface area contributed by atoms with E-state index in [1.54, 1.807) is 0 Å². The van der Waals surface area contributed by atoms with Crippen LogP contribution >= 0.6 is 0 Å². The third-order valence-electron chi connectivity index (χ3n) is 7.12. The lowest BCUT2D eigenvalue weighted by Crippen LogP contribution is -2.44. The highest BCUT2D eigenvalue weighted by Crippen LogP contribution is 2.52. The molecule has 3 heterocycles. The van der Waals surface area contributed by atoms with Crippen LogP contribution in [0.15, 0.2) is 54.6 Å². The first kappa shape index (κ1) is 19.3. The standard InChI is InChI=1S/C26H28N2O2/c1-17-8-10-21-22(13-18(2)27-23(21)12-17)25(30)28-20-9-11-24(28)26(15-20,16-29)14-19-6-4-3-5-7-19/h3-8,10,12-13,20,24,29H,9,11,14-16H2,1-2H3/t20-,24+,26-/m0/s1. The number of carbonyl (C=O) groups is 1. The van der Waals surface area contributed by atoms with Crippen LogP contribution in [0.1, 0.15) is 46.4 Å². The minimum Gasteiger partial charge on any atom is -0.396 e. The monoisotopic (exact) mass is 400 g/mol. The number of carbonyl (C=O) groups excluding carboxylic acids is 1. The molecule has 2 fully saturated rings. The number of aliphatic hydroxyl groups excluding tert-OH is 1. The number of nitrogens with zero attached hydrogens (tertiary/aromatic N) is 2. The zero-order valence-electron chi connectivity index (χ0n) is 17.6. The van der Waals surface area contributed by atoms with Crippen molar-refractivity contribution in [1.29, 1.82) is 0 Å². The van der Waals surface area contributed by atoms with Gasteiger partial charge in [0, 0.05) is 28.6 Å². The quantitative estimate of drug-likeness (QED) is 0.704. The molecule has 30 heavy (non-hydrogen) atoms. The fourth-order valence-electron chi connectivity index (χ4n) is 5.80. The maximum absolute atomic E-state index is 13.8. The molecule has 2 aromatic carbocycles. The zero-order valence-corrected chi connectivity index (χ0v) is 17.6. The normalized spacial score (nSPS) is 25.2. The third-order valence-corrected chi connectivity index (χ3v) is 7.12. The zero-order chi connectivity index (χ0) is 20.9. The Morgan fingerprint density at radius 3 is 2.70 bits per heavy atom. The molecule has 1 amide bonds. The molecular formula is C26H28N2O2. The Morgan fingerprint density at radius 2 is 1.93 bits per heavy atom. The first-order chi connectivity index (χ1) is 14.5. The molecule has 3 aromatic rings. The SMILES string of the molecule is Cc1ccc2c(C(=O)N3[C@H]4CC[C@@H]3[C@@](CO)(Cc3ccccc3)C4)cc(C)nc2c1. The van der Waals surface area contributed by atoms with Gasteiger partial charge in [0.15, 0.2) is 0 Å². The molecule has 1 N–H and O–H groups in total. The van der Waals surface area contributed by atoms with Crippen molar-refractivity contribution in [2.45, 2.75) is 51.6 Å². The molecule has 3 atom stereocenters. The Bertz CT molecular complexity index is 1110. The molecule has 5 rings (SSSR count). The molecule has 2 bridgehead atoms. The summed E-state index contributed by atoms with van der Waals surface area (Å²) < 4.78 is 0. The number of aryl methyl sites for hydroxylation is 2. The first-order valence-electron chi connectivity index (χ1n) is 10.9. The van der Waals surface area contributed by atoms with Gasteiger partial charge in [0.25, 0.3) is 5.91 Å². The van der Waals surface area contributed by atoms with Gasteiger partial charge in [-0.05, 0) is 62.8 Å². The van der Waals surface area contributed by atoms with Crippen molar-refractivity contribution in [3.8, 4) is 0 Å². The highest BCUT2D eigenvalue weighted by Gasteiger charge is 2.57. The second-order valence-corrected chi connectivity index (χ2v) is 9.18. The minimum absolute atomic E-state index is 0.0779. The number of pyridine rings is 1. The van der Waals surface area contributed by atoms with Crippen LogP contribution in [-0.4, -0.2) is 39.6 Å². The van der Waals surface area contributed by atoms with E-state index in [0.717, 1.165) is 53.4 Å². The largest absolute Gasteiger partial charge is 0.396 e. The summed E-state index contributed by atoms with van der Waals surface area (Å²) in [5.74, 6) is 0.0882. The van der Waals surface area contributed by atoms with Crippen molar-refractivity contribution >= 4 is 16.8 Å². The average Bonchev–Trinajstić information content (AvgIpc) is 3.29. The van der Waals surface area contributed by atoms with Crippen molar-refractivity contribution in [2.75, 3.05) is 6.61 Å². The van der Waals surface area contributed by atoms with Crippen molar-refractivity contribution in [3.63, 3.8) is 0 Å². The van der Waals surface area contributed by atoms with E-state index in [1.807, 2.05) is 56.3 Å². The molecule has 154 valence electrons. The van der Waals surface area contributed by atoms with Gasteiger partial charge in [-0.3, -0.25) is 9.78 Å². The Kier molecular flexibility index (Phi) is 4.62. The number of hydrogen-bond donors (Lipinski definition) is 1. The number of hydrogen-bond acceptors (Lipinski definition) is 3. The van der Waals surface area contributed by atoms with Crippen LogP contribution in [0, 0.1) is 19.3 Å². The van der Waals surface area contributed by atoms with Gasteiger partial charge < -0.3 is 10.0 Å². The molecular weight excluding hydrogens is 372 g/mol. The number of benzene rings is 2. The van der Waals surface area contributed by atoms with E-state index in [0.29, 0.717) is 0 Å². The molecule has 2 saturated heterocycles. The molecule has 4 nitrogen and oxygen atoms in total. The van der Waals surface area contributed by atoms with Gasteiger partial charge in [-0.15, -0.1) is 0 Å². The maximum Gasteiger partial charge on any atom is 0.255 e. The minimum atomic E-state index is -0.256. The fraction of sp³-hybridized carbons (Fsp3) is 0.385. The highest BCUT2D eigenvalue weighted by molar-refractivity contribution is 6.06. The Morgan fingerprint density at radius 1 is 1.13 bits per heavy atom. The van der Waals surface area contributed by atoms with Crippen molar-refractivity contribution < 1.29 is 9.90 Å². The third kappa shape index (κ3) is 3.02. The van der Waals surface area contributed by atoms with Gasteiger partial charge in [0.05, 0.1) is 17.7 Å². The predicted octanol–water partition coefficient (Wildman–Crippen LogP) is 4.45. The van der Waals surface area contributed by atoms with Crippen LogP contribution in [-0.2, 0) is 6.42 Å². The lowest BCUT2D eigenvalue weighted by atomic mass is 9.70. The Balaban J connectivity index is 1.52. The van der Waals surface area contributed by atoms with Crippen LogP contribution in [0.3, 0.4) is 0 Å². The molecule has 2 aliphatic heterocycles. The predicted molar refractivity (Wildman–Crippen MR) is 118 cm³/mol. The topological polar surface area (TPSA) is 53.4 Å². The van der Waals surface area contributed by atoms with E-state index in [2.05, 4.69) is 22.0 Å². The van der Waals surface area contributed by atoms with Gasteiger partial charge >= 0.3 is 0 Å². The Hall–Kier alpha value is -2.72. The molecule has 4 heteroatoms. The van der Waals surface area contributed by atoms with Gasteiger partial charge in [-0.1, -0.05) is 42.5 Å². The van der Waals surface area contributed by atoms with Crippen LogP contribution in [0.2, 0.25) is 0 Å². The molecule has 2 aliphatic rings. The fourth-order valence-corrected chi connectivity index (χ4v) is 5.80. The number of aliphatic hydroxyl groups is 1. The van der Waals surface area contributed by atoms with E-state index in [9.17, 15) is 9.90 Å². The lowest BCUT2D eigenvalue weighted by molar-refractivity contribution is 0.0572. The summed E-state index contributed by atoms with van der Waals surface area (Å²) in [4.78, 5) is 20.6. The van der Waals surface area contributed by atoms with Gasteiger partial charge in [0.2, 0.25) is 0 Å². The molecule has 0 unspecified atom stereocenters. The van der Waals surface area contributed by atoms with E-state index in [4.69, 9.17) is 0 Å². The molecule has 0 aliphatic carbocycles. The van der Waals surface area contributed by atoms with Gasteiger partial charge in [-0.25, -0.2) is 0 Å². The van der Waals surface area contributed by atoms with Crippen LogP contribution < -0.4 is 0 Å². The summed E-state index contributed by atoms with van der Waals surface area (Å²) in [5.41, 5.74) is 4.59. The molecule has 0 spiro atoms. The molecule has 0 radical (unpaired) electrons. The van der Waals surface area contributed by atoms with E-state index in [-0.39, 0.29) is 30.0 Å². The summed E-state index contributed by atoms with van der Waals surface area (Å²) >= 11 is 0. The van der Waals surface area contributed by atoms with E-state index < -0.39 is 0 Å². The summed E-state index contributed by atoms with van der Waals surface area (Å²) in [5, 5.41) is 11.4. The smallest absolute Gasteiger partial charge is 0.255 e. The van der Waals surface area contributed by atoms with Crippen molar-refractivity contribution in [1.82, 2.24) is 9.88 Å². The number of aromatic nitrogens is 1. The van der Waals surface area contributed by atoms with E-state index in [1.165, 1.54) is 5.56 Å². The summed E-state index contributed by atoms with van der Waals surface area (Å²) in [7, 11) is 0. The summed E-state index contributed by atoms with van der Waals surface area (Å²) in [6.07, 6.45) is 3.67. The van der Waals surface area contributed by atoms with Gasteiger partial charge in [0.1, 0.15) is 0 Å². The second kappa shape index (κ2) is 7.21. The van der Waals surface area contributed by atoms with Crippen LogP contribution in [0.5, 0.6) is 0 Å². The number of amides is 1. The van der Waals surface area contributed by atoms with Crippen molar-refractivity contribution in [3.05, 3.63) is 77.0 Å². The van der Waals surface area contributed by atoms with Crippen molar-refractivity contribution in [2.24, 2.45) is 5.41 Å². The summed E-state index contributed by atoms with van der Waals surface area (Å²) in [6.45, 7) is 4.11. The van der Waals surface area contributed by atoms with Crippen LogP contribution in [0.25, 0.3) is 10.9 Å². The van der Waals surface area contributed by atoms with Gasteiger partial charge in [-0.2, -0.15) is 0 Å². The Labute approximate surface area is 177 Å². The first-order valence-corrected chi connectivity index (χ1v) is 10.9. The number of rotatable bonds is 4. The van der Waals surface area contributed by atoms with Crippen LogP contribution in [0.4, 0.5) is 0 Å². The molecule has 1 aromatic heterocycles. The molecule has 0 saturated carbocycles. The van der Waals surface area contributed by atoms with E-state index >= 15 is 0 Å². The average molecular weight is 401 g/mol. The lowest BCUT2D eigenvalue weighted by Gasteiger charge is -2.36. The highest BCUT2D eigenvalue weighted by atomic mass is 16.3.